The van der Waals surface area contributed by atoms with E-state index in [-0.39, 0.29) is 30.3 Å². The molecule has 0 unspecified atom stereocenters. The van der Waals surface area contributed by atoms with E-state index in [1.54, 1.807) is 17.7 Å². The van der Waals surface area contributed by atoms with Gasteiger partial charge in [0.25, 0.3) is 0 Å². The fourth-order valence-corrected chi connectivity index (χ4v) is 3.45. The molecule has 1 heterocycles. The number of aryl methyl sites for hydroxylation is 1. The van der Waals surface area contributed by atoms with E-state index in [1.165, 1.54) is 12.1 Å². The van der Waals surface area contributed by atoms with Crippen molar-refractivity contribution < 1.29 is 19.8 Å². The van der Waals surface area contributed by atoms with Crippen LogP contribution in [-0.2, 0) is 29.5 Å². The smallest absolute Gasteiger partial charge is 0.331 e. The van der Waals surface area contributed by atoms with Crippen molar-refractivity contribution in [3.63, 3.8) is 0 Å². The Kier molecular flexibility index (Phi) is 3.93. The van der Waals surface area contributed by atoms with Gasteiger partial charge in [-0.25, -0.2) is 4.79 Å². The van der Waals surface area contributed by atoms with Crippen LogP contribution in [0.4, 0.5) is 0 Å². The molecular weight excluding hydrogens is 334 g/mol. The molecule has 0 bridgehead atoms. The van der Waals surface area contributed by atoms with Crippen LogP contribution >= 0.6 is 11.6 Å². The number of hydrogen-bond donors (Lipinski definition) is 2. The van der Waals surface area contributed by atoms with Crippen molar-refractivity contribution in [1.82, 2.24) is 4.57 Å². The maximum absolute atomic E-state index is 12.4. The van der Waals surface area contributed by atoms with E-state index < -0.39 is 11.9 Å². The lowest BCUT2D eigenvalue weighted by Crippen LogP contribution is -2.18. The summed E-state index contributed by atoms with van der Waals surface area (Å²) in [6.07, 6.45) is -0.137. The summed E-state index contributed by atoms with van der Waals surface area (Å²) in [6.45, 7) is 0. The first-order valence-electron chi connectivity index (χ1n) is 7.25. The van der Waals surface area contributed by atoms with Gasteiger partial charge >= 0.3 is 11.9 Å². The lowest BCUT2D eigenvalue weighted by atomic mass is 9.87. The first kappa shape index (κ1) is 16.3. The standard InChI is InChI=1S/C17H14ClNO5/c1-19-12-7-10(17(23)24)8(5-15(21)22)4-11(12)16-13(19)6-9(18)2-3-14(16)20/h2-3,6H,4-5,7H2,1H3,(H,21,22)(H,23,24). The minimum absolute atomic E-state index is 0.0822. The normalized spacial score (nSPS) is 13.9. The van der Waals surface area contributed by atoms with Crippen LogP contribution < -0.4 is 5.43 Å². The van der Waals surface area contributed by atoms with Crippen LogP contribution in [0.15, 0.2) is 34.1 Å². The van der Waals surface area contributed by atoms with Crippen molar-refractivity contribution >= 4 is 34.4 Å². The minimum Gasteiger partial charge on any atom is -0.481 e. The number of carboxylic acids is 2. The number of rotatable bonds is 3. The van der Waals surface area contributed by atoms with Gasteiger partial charge in [-0.15, -0.1) is 0 Å². The number of carbonyl (C=O) groups is 2. The number of carboxylic acid groups (broad SMARTS) is 2. The highest BCUT2D eigenvalue weighted by atomic mass is 35.5. The van der Waals surface area contributed by atoms with E-state index in [0.717, 1.165) is 0 Å². The van der Waals surface area contributed by atoms with Gasteiger partial charge in [0, 0.05) is 29.8 Å². The van der Waals surface area contributed by atoms with Gasteiger partial charge in [-0.3, -0.25) is 9.59 Å². The highest BCUT2D eigenvalue weighted by Crippen LogP contribution is 2.34. The molecule has 1 aromatic heterocycles. The molecule has 6 nitrogen and oxygen atoms in total. The molecule has 7 heteroatoms. The molecule has 3 rings (SSSR count). The molecule has 124 valence electrons. The van der Waals surface area contributed by atoms with Crippen LogP contribution in [-0.4, -0.2) is 26.7 Å². The Hall–Kier alpha value is -2.60. The van der Waals surface area contributed by atoms with Crippen LogP contribution in [0.5, 0.6) is 0 Å². The van der Waals surface area contributed by atoms with Crippen LogP contribution in [0.2, 0.25) is 5.02 Å². The predicted octanol–water partition coefficient (Wildman–Crippen LogP) is 2.15. The van der Waals surface area contributed by atoms with Crippen LogP contribution in [0, 0.1) is 0 Å². The van der Waals surface area contributed by atoms with Crippen LogP contribution in [0.1, 0.15) is 17.7 Å². The maximum atomic E-state index is 12.4. The van der Waals surface area contributed by atoms with E-state index in [1.807, 2.05) is 0 Å². The molecule has 0 aliphatic heterocycles. The zero-order valence-electron chi connectivity index (χ0n) is 12.8. The van der Waals surface area contributed by atoms with Gasteiger partial charge in [0.2, 0.25) is 0 Å². The zero-order chi connectivity index (χ0) is 17.6. The number of fused-ring (bicyclic) bond motifs is 3. The lowest BCUT2D eigenvalue weighted by Gasteiger charge is -2.19. The summed E-state index contributed by atoms with van der Waals surface area (Å²) in [5, 5.41) is 19.3. The first-order chi connectivity index (χ1) is 11.3. The SMILES string of the molecule is Cn1c2c(c3c(=O)ccc(Cl)cc31)CC(CC(=O)O)=C(C(=O)O)C2. The van der Waals surface area contributed by atoms with E-state index in [9.17, 15) is 19.5 Å². The van der Waals surface area contributed by atoms with Gasteiger partial charge in [-0.05, 0) is 35.8 Å². The van der Waals surface area contributed by atoms with Crippen molar-refractivity contribution in [2.45, 2.75) is 19.3 Å². The molecule has 2 aromatic rings. The molecule has 1 aromatic carbocycles. The van der Waals surface area contributed by atoms with Crippen LogP contribution in [0.3, 0.4) is 0 Å². The second-order valence-electron chi connectivity index (χ2n) is 5.78. The van der Waals surface area contributed by atoms with E-state index in [2.05, 4.69) is 0 Å². The molecular formula is C17H14ClNO5. The fraction of sp³-hybridized carbons (Fsp3) is 0.235. The summed E-state index contributed by atoms with van der Waals surface area (Å²) in [6, 6.07) is 4.54. The number of aromatic nitrogens is 1. The number of nitrogens with zero attached hydrogens (tertiary/aromatic N) is 1. The monoisotopic (exact) mass is 347 g/mol. The topological polar surface area (TPSA) is 96.6 Å². The lowest BCUT2D eigenvalue weighted by molar-refractivity contribution is -0.136. The molecule has 0 amide bonds. The number of halogens is 1. The Morgan fingerprint density at radius 2 is 1.96 bits per heavy atom. The molecule has 0 radical (unpaired) electrons. The van der Waals surface area contributed by atoms with Crippen molar-refractivity contribution in [3.8, 4) is 0 Å². The van der Waals surface area contributed by atoms with Gasteiger partial charge in [-0.2, -0.15) is 0 Å². The maximum Gasteiger partial charge on any atom is 0.331 e. The third-order valence-corrected chi connectivity index (χ3v) is 4.61. The molecule has 2 N–H and O–H groups in total. The largest absolute Gasteiger partial charge is 0.481 e. The van der Waals surface area contributed by atoms with Crippen molar-refractivity contribution in [1.29, 1.82) is 0 Å². The molecule has 24 heavy (non-hydrogen) atoms. The molecule has 1 aliphatic carbocycles. The average Bonchev–Trinajstić information content (AvgIpc) is 2.65. The average molecular weight is 348 g/mol. The molecule has 0 spiro atoms. The Labute approximate surface area is 141 Å². The molecule has 1 aliphatic rings. The molecule has 0 saturated heterocycles. The Bertz CT molecular complexity index is 987. The fourth-order valence-electron chi connectivity index (χ4n) is 3.28. The number of aliphatic carboxylic acids is 2. The van der Waals surface area contributed by atoms with Crippen molar-refractivity contribution in [2.75, 3.05) is 0 Å². The summed E-state index contributed by atoms with van der Waals surface area (Å²) in [4.78, 5) is 35.0. The third-order valence-electron chi connectivity index (χ3n) is 4.37. The van der Waals surface area contributed by atoms with E-state index in [0.29, 0.717) is 32.8 Å². The highest BCUT2D eigenvalue weighted by molar-refractivity contribution is 6.31. The summed E-state index contributed by atoms with van der Waals surface area (Å²) in [5.41, 5.74) is 2.19. The van der Waals surface area contributed by atoms with E-state index in [4.69, 9.17) is 16.7 Å². The Morgan fingerprint density at radius 1 is 1.25 bits per heavy atom. The molecule has 0 fully saturated rings. The van der Waals surface area contributed by atoms with E-state index >= 15 is 0 Å². The highest BCUT2D eigenvalue weighted by Gasteiger charge is 2.28. The third kappa shape index (κ3) is 2.59. The minimum atomic E-state index is -1.13. The predicted molar refractivity (Wildman–Crippen MR) is 88.5 cm³/mol. The Morgan fingerprint density at radius 3 is 2.58 bits per heavy atom. The summed E-state index contributed by atoms with van der Waals surface area (Å²) in [5.74, 6) is -2.23. The summed E-state index contributed by atoms with van der Waals surface area (Å²) >= 11 is 6.05. The second-order valence-corrected chi connectivity index (χ2v) is 6.22. The zero-order valence-corrected chi connectivity index (χ0v) is 13.6. The Balaban J connectivity index is 2.30. The van der Waals surface area contributed by atoms with Crippen LogP contribution in [0.25, 0.3) is 10.9 Å². The van der Waals surface area contributed by atoms with Gasteiger partial charge in [-0.1, -0.05) is 11.6 Å². The molecule has 0 atom stereocenters. The van der Waals surface area contributed by atoms with Crippen molar-refractivity contribution in [2.24, 2.45) is 7.05 Å². The van der Waals surface area contributed by atoms with Gasteiger partial charge < -0.3 is 14.8 Å². The second kappa shape index (κ2) is 5.79. The summed E-state index contributed by atoms with van der Waals surface area (Å²) < 4.78 is 1.76. The molecule has 0 saturated carbocycles. The van der Waals surface area contributed by atoms with Gasteiger partial charge in [0.15, 0.2) is 5.43 Å². The number of hydrogen-bond acceptors (Lipinski definition) is 3. The summed E-state index contributed by atoms with van der Waals surface area (Å²) in [7, 11) is 1.75. The van der Waals surface area contributed by atoms with Gasteiger partial charge in [0.1, 0.15) is 0 Å². The first-order valence-corrected chi connectivity index (χ1v) is 7.63. The van der Waals surface area contributed by atoms with Gasteiger partial charge in [0.05, 0.1) is 17.3 Å². The van der Waals surface area contributed by atoms with Crippen molar-refractivity contribution in [3.05, 3.63) is 55.8 Å². The quantitative estimate of drug-likeness (QED) is 0.886.